The van der Waals surface area contributed by atoms with Crippen molar-refractivity contribution in [1.82, 2.24) is 20.3 Å². The molecule has 0 aromatic heterocycles. The van der Waals surface area contributed by atoms with Crippen molar-refractivity contribution in [2.24, 2.45) is 11.8 Å². The second-order valence-corrected chi connectivity index (χ2v) is 14.8. The van der Waals surface area contributed by atoms with Crippen molar-refractivity contribution in [3.8, 4) is 0 Å². The first-order valence-electron chi connectivity index (χ1n) is 15.6. The Morgan fingerprint density at radius 1 is 1.02 bits per heavy atom. The first-order valence-corrected chi connectivity index (χ1v) is 17.1. The molecule has 0 saturated carbocycles. The van der Waals surface area contributed by atoms with Gasteiger partial charge in [-0.25, -0.2) is 13.1 Å². The van der Waals surface area contributed by atoms with E-state index in [9.17, 15) is 22.8 Å². The van der Waals surface area contributed by atoms with Crippen LogP contribution in [0.25, 0.3) is 0 Å². The molecule has 0 radical (unpaired) electrons. The molecule has 0 aliphatic carbocycles. The summed E-state index contributed by atoms with van der Waals surface area (Å²) < 4.78 is 29.1. The summed E-state index contributed by atoms with van der Waals surface area (Å²) >= 11 is 0. The highest BCUT2D eigenvalue weighted by Crippen LogP contribution is 2.23. The number of hydrogen-bond donors (Lipinski definition) is 4. The van der Waals surface area contributed by atoms with Crippen molar-refractivity contribution in [2.45, 2.75) is 83.3 Å². The van der Waals surface area contributed by atoms with E-state index in [2.05, 4.69) is 20.7 Å². The summed E-state index contributed by atoms with van der Waals surface area (Å²) in [6.07, 6.45) is 2.91. The topological polar surface area (TPSA) is 137 Å². The van der Waals surface area contributed by atoms with Gasteiger partial charge in [0.1, 0.15) is 12.1 Å². The average Bonchev–Trinajstić information content (AvgIpc) is 3.29. The SMILES string of the molecule is Cc1ccc(S(=O)(=O)N[C@@H](CC(C)C)CN2CC(=O)C(NC(=O)[C@H](CC(C)C)NC(=O)c3ccc4c(c3)CCCN4)C2)cc1. The lowest BCUT2D eigenvalue weighted by Gasteiger charge is -2.26. The van der Waals surface area contributed by atoms with Gasteiger partial charge < -0.3 is 16.0 Å². The lowest BCUT2D eigenvalue weighted by molar-refractivity contribution is -0.127. The van der Waals surface area contributed by atoms with E-state index in [1.165, 1.54) is 0 Å². The molecule has 2 heterocycles. The molecule has 1 fully saturated rings. The van der Waals surface area contributed by atoms with Crippen molar-refractivity contribution in [1.29, 1.82) is 0 Å². The van der Waals surface area contributed by atoms with Crippen LogP contribution in [0.2, 0.25) is 0 Å². The highest BCUT2D eigenvalue weighted by Gasteiger charge is 2.36. The number of ketones is 1. The third-order valence-electron chi connectivity index (χ3n) is 8.05. The fraction of sp³-hybridized carbons (Fsp3) is 0.545. The Labute approximate surface area is 261 Å². The monoisotopic (exact) mass is 625 g/mol. The number of rotatable bonds is 13. The molecule has 10 nitrogen and oxygen atoms in total. The van der Waals surface area contributed by atoms with Crippen LogP contribution in [-0.4, -0.2) is 75.2 Å². The lowest BCUT2D eigenvalue weighted by Crippen LogP contribution is -2.52. The zero-order chi connectivity index (χ0) is 32.0. The van der Waals surface area contributed by atoms with Gasteiger partial charge >= 0.3 is 0 Å². The maximum Gasteiger partial charge on any atom is 0.251 e. The molecule has 2 amide bonds. The Balaban J connectivity index is 1.39. The van der Waals surface area contributed by atoms with E-state index >= 15 is 0 Å². The zero-order valence-electron chi connectivity index (χ0n) is 26.5. The molecule has 240 valence electrons. The van der Waals surface area contributed by atoms with Crippen molar-refractivity contribution in [2.75, 3.05) is 31.5 Å². The van der Waals surface area contributed by atoms with Crippen LogP contribution in [-0.2, 0) is 26.0 Å². The van der Waals surface area contributed by atoms with Crippen LogP contribution in [0.5, 0.6) is 0 Å². The van der Waals surface area contributed by atoms with Crippen LogP contribution in [0.3, 0.4) is 0 Å². The minimum absolute atomic E-state index is 0.107. The molecule has 2 aromatic rings. The fourth-order valence-electron chi connectivity index (χ4n) is 5.90. The van der Waals surface area contributed by atoms with Crippen molar-refractivity contribution < 1.29 is 22.8 Å². The number of amides is 2. The molecule has 1 saturated heterocycles. The van der Waals surface area contributed by atoms with Crippen molar-refractivity contribution in [3.63, 3.8) is 0 Å². The molecule has 4 N–H and O–H groups in total. The second-order valence-electron chi connectivity index (χ2n) is 13.0. The van der Waals surface area contributed by atoms with E-state index in [0.717, 1.165) is 36.2 Å². The van der Waals surface area contributed by atoms with Gasteiger partial charge in [0.25, 0.3) is 5.91 Å². The van der Waals surface area contributed by atoms with E-state index < -0.39 is 34.1 Å². The summed E-state index contributed by atoms with van der Waals surface area (Å²) in [5.41, 5.74) is 3.59. The minimum atomic E-state index is -3.75. The number of nitrogens with one attached hydrogen (secondary N) is 4. The standard InChI is InChI=1S/C33H47N5O5S/c1-21(2)15-26(37-44(42,43)27-11-8-23(5)9-12-27)18-38-19-30(31(39)20-38)36-33(41)29(16-22(3)4)35-32(40)25-10-13-28-24(17-25)7-6-14-34-28/h8-13,17,21-22,26,29-30,34,37H,6-7,14-16,18-20H2,1-5H3,(H,35,40)(H,36,41)/t26-,29-,30?/m0/s1. The Morgan fingerprint density at radius 2 is 1.73 bits per heavy atom. The van der Waals surface area contributed by atoms with E-state index in [1.807, 2.05) is 51.7 Å². The van der Waals surface area contributed by atoms with Crippen molar-refractivity contribution >= 4 is 33.3 Å². The van der Waals surface area contributed by atoms with Gasteiger partial charge in [-0.2, -0.15) is 0 Å². The number of aryl methyl sites for hydroxylation is 2. The Hall–Kier alpha value is -3.28. The van der Waals surface area contributed by atoms with Crippen LogP contribution in [0.15, 0.2) is 47.4 Å². The van der Waals surface area contributed by atoms with Gasteiger partial charge in [-0.1, -0.05) is 45.4 Å². The molecule has 2 aromatic carbocycles. The average molecular weight is 626 g/mol. The second kappa shape index (κ2) is 14.7. The maximum atomic E-state index is 13.4. The molecule has 44 heavy (non-hydrogen) atoms. The molecular weight excluding hydrogens is 578 g/mol. The number of Topliss-reactive ketones (excluding diaryl/α,β-unsaturated/α-hetero) is 1. The summed E-state index contributed by atoms with van der Waals surface area (Å²) in [4.78, 5) is 41.7. The number of hydrogen-bond acceptors (Lipinski definition) is 7. The van der Waals surface area contributed by atoms with Gasteiger partial charge in [-0.3, -0.25) is 19.3 Å². The van der Waals surface area contributed by atoms with Gasteiger partial charge in [-0.05, 0) is 80.3 Å². The van der Waals surface area contributed by atoms with Crippen LogP contribution in [0.1, 0.15) is 68.4 Å². The van der Waals surface area contributed by atoms with Crippen LogP contribution < -0.4 is 20.7 Å². The number of nitrogens with zero attached hydrogens (tertiary/aromatic N) is 1. The third kappa shape index (κ3) is 9.12. The normalized spacial score (nSPS) is 18.5. The summed E-state index contributed by atoms with van der Waals surface area (Å²) in [5, 5.41) is 9.10. The Bertz CT molecular complexity index is 1440. The first-order chi connectivity index (χ1) is 20.8. The van der Waals surface area contributed by atoms with Crippen LogP contribution >= 0.6 is 0 Å². The summed E-state index contributed by atoms with van der Waals surface area (Å²) in [7, 11) is -3.75. The van der Waals surface area contributed by atoms with Gasteiger partial charge in [0.05, 0.1) is 11.4 Å². The molecule has 11 heteroatoms. The molecular formula is C33H47N5O5S. The van der Waals surface area contributed by atoms with E-state index in [1.54, 1.807) is 30.3 Å². The summed E-state index contributed by atoms with van der Waals surface area (Å²) in [6, 6.07) is 10.3. The Kier molecular flexibility index (Phi) is 11.2. The van der Waals surface area contributed by atoms with Gasteiger partial charge in [0.2, 0.25) is 15.9 Å². The molecule has 3 atom stereocenters. The van der Waals surface area contributed by atoms with Crippen molar-refractivity contribution in [3.05, 3.63) is 59.2 Å². The molecule has 2 aliphatic heterocycles. The third-order valence-corrected chi connectivity index (χ3v) is 9.58. The quantitative estimate of drug-likeness (QED) is 0.268. The largest absolute Gasteiger partial charge is 0.385 e. The fourth-order valence-corrected chi connectivity index (χ4v) is 7.14. The maximum absolute atomic E-state index is 13.4. The van der Waals surface area contributed by atoms with Gasteiger partial charge in [0.15, 0.2) is 5.78 Å². The smallest absolute Gasteiger partial charge is 0.251 e. The summed E-state index contributed by atoms with van der Waals surface area (Å²) in [5.74, 6) is -0.504. The number of sulfonamides is 1. The van der Waals surface area contributed by atoms with Gasteiger partial charge in [-0.15, -0.1) is 0 Å². The number of carbonyl (C=O) groups is 3. The first kappa shape index (κ1) is 33.6. The van der Waals surface area contributed by atoms with Crippen LogP contribution in [0.4, 0.5) is 5.69 Å². The number of anilines is 1. The van der Waals surface area contributed by atoms with E-state index in [4.69, 9.17) is 0 Å². The predicted molar refractivity (Wildman–Crippen MR) is 172 cm³/mol. The number of benzene rings is 2. The molecule has 4 rings (SSSR count). The molecule has 1 unspecified atom stereocenters. The van der Waals surface area contributed by atoms with E-state index in [0.29, 0.717) is 24.9 Å². The Morgan fingerprint density at radius 3 is 2.41 bits per heavy atom. The number of carbonyl (C=O) groups excluding carboxylic acids is 3. The number of likely N-dealkylation sites (tertiary alicyclic amines) is 1. The van der Waals surface area contributed by atoms with Gasteiger partial charge in [0, 0.05) is 36.9 Å². The minimum Gasteiger partial charge on any atom is -0.385 e. The van der Waals surface area contributed by atoms with E-state index in [-0.39, 0.29) is 41.5 Å². The lowest BCUT2D eigenvalue weighted by atomic mass is 9.99. The number of fused-ring (bicyclic) bond motifs is 1. The molecule has 2 aliphatic rings. The molecule has 0 bridgehead atoms. The summed E-state index contributed by atoms with van der Waals surface area (Å²) in [6.45, 7) is 11.5. The predicted octanol–water partition coefficient (Wildman–Crippen LogP) is 3.26. The zero-order valence-corrected chi connectivity index (χ0v) is 27.3. The highest BCUT2D eigenvalue weighted by atomic mass is 32.2. The van der Waals surface area contributed by atoms with Crippen LogP contribution in [0, 0.1) is 18.8 Å². The highest BCUT2D eigenvalue weighted by molar-refractivity contribution is 7.89. The molecule has 0 spiro atoms.